The highest BCUT2D eigenvalue weighted by molar-refractivity contribution is 5.81. The Bertz CT molecular complexity index is 1050. The zero-order valence-corrected chi connectivity index (χ0v) is 18.5. The van der Waals surface area contributed by atoms with Gasteiger partial charge in [0.15, 0.2) is 0 Å². The Labute approximate surface area is 189 Å². The van der Waals surface area contributed by atoms with Gasteiger partial charge in [-0.15, -0.1) is 0 Å². The van der Waals surface area contributed by atoms with Crippen molar-refractivity contribution in [2.75, 3.05) is 13.2 Å². The Morgan fingerprint density at radius 1 is 0.969 bits per heavy atom. The maximum atomic E-state index is 11.7. The normalized spacial score (nSPS) is 10.9. The molecule has 4 heteroatoms. The Morgan fingerprint density at radius 3 is 2.34 bits per heavy atom. The van der Waals surface area contributed by atoms with E-state index in [2.05, 4.69) is 56.0 Å². The molecule has 2 N–H and O–H groups in total. The van der Waals surface area contributed by atoms with Crippen LogP contribution in [0.1, 0.15) is 23.1 Å². The maximum Gasteiger partial charge on any atom is 0.330 e. The maximum absolute atomic E-state index is 11.7. The van der Waals surface area contributed by atoms with E-state index in [1.165, 1.54) is 5.56 Å². The number of hydrogen-bond donors (Lipinski definition) is 2. The van der Waals surface area contributed by atoms with E-state index in [4.69, 9.17) is 4.74 Å². The number of ether oxygens (including phenoxy) is 1. The van der Waals surface area contributed by atoms with Crippen molar-refractivity contribution in [3.8, 4) is 22.3 Å². The fourth-order valence-corrected chi connectivity index (χ4v) is 3.78. The summed E-state index contributed by atoms with van der Waals surface area (Å²) >= 11 is 0. The predicted molar refractivity (Wildman–Crippen MR) is 128 cm³/mol. The number of esters is 1. The molecule has 3 rings (SSSR count). The molecule has 0 aromatic heterocycles. The van der Waals surface area contributed by atoms with Gasteiger partial charge in [0, 0.05) is 25.2 Å². The van der Waals surface area contributed by atoms with Gasteiger partial charge in [0.2, 0.25) is 0 Å². The zero-order valence-electron chi connectivity index (χ0n) is 18.5. The van der Waals surface area contributed by atoms with Crippen LogP contribution in [0.25, 0.3) is 22.3 Å². The lowest BCUT2D eigenvalue weighted by Crippen LogP contribution is -2.12. The standard InChI is InChI=1S/C28H30O4/c1-3-28(31)32-19-25-16-21(9-10-22(17-29)18-30)11-13-27(25)26-14-12-24(15-20(26)2)23-7-5-4-6-8-23/h3-8,11-16,22,29-30H,1,9-10,17-19H2,2H3. The summed E-state index contributed by atoms with van der Waals surface area (Å²) in [5.41, 5.74) is 7.55. The smallest absolute Gasteiger partial charge is 0.330 e. The molecule has 166 valence electrons. The highest BCUT2D eigenvalue weighted by Crippen LogP contribution is 2.32. The minimum atomic E-state index is -0.460. The lowest BCUT2D eigenvalue weighted by Gasteiger charge is -2.16. The lowest BCUT2D eigenvalue weighted by molar-refractivity contribution is -0.138. The second-order valence-corrected chi connectivity index (χ2v) is 7.97. The second-order valence-electron chi connectivity index (χ2n) is 7.97. The van der Waals surface area contributed by atoms with Gasteiger partial charge < -0.3 is 14.9 Å². The first-order chi connectivity index (χ1) is 15.5. The Balaban J connectivity index is 1.93. The monoisotopic (exact) mass is 430 g/mol. The molecule has 3 aromatic rings. The summed E-state index contributed by atoms with van der Waals surface area (Å²) in [6.45, 7) is 5.63. The molecule has 0 aliphatic rings. The molecule has 0 saturated heterocycles. The predicted octanol–water partition coefficient (Wildman–Crippen LogP) is 5.09. The van der Waals surface area contributed by atoms with Crippen molar-refractivity contribution >= 4 is 5.97 Å². The molecule has 0 heterocycles. The first-order valence-corrected chi connectivity index (χ1v) is 10.8. The van der Waals surface area contributed by atoms with E-state index in [0.29, 0.717) is 6.42 Å². The van der Waals surface area contributed by atoms with Gasteiger partial charge >= 0.3 is 5.97 Å². The number of carbonyl (C=O) groups excluding carboxylic acids is 1. The Kier molecular flexibility index (Phi) is 8.37. The summed E-state index contributed by atoms with van der Waals surface area (Å²) in [5, 5.41) is 18.7. The first-order valence-electron chi connectivity index (χ1n) is 10.8. The molecular formula is C28H30O4. The highest BCUT2D eigenvalue weighted by atomic mass is 16.5. The number of hydrogen-bond acceptors (Lipinski definition) is 4. The van der Waals surface area contributed by atoms with Crippen LogP contribution in [-0.2, 0) is 22.6 Å². The van der Waals surface area contributed by atoms with Crippen LogP contribution in [0.3, 0.4) is 0 Å². The average molecular weight is 431 g/mol. The molecule has 0 amide bonds. The molecular weight excluding hydrogens is 400 g/mol. The summed E-state index contributed by atoms with van der Waals surface area (Å²) in [5.74, 6) is -0.595. The van der Waals surface area contributed by atoms with Crippen molar-refractivity contribution in [2.45, 2.75) is 26.4 Å². The molecule has 4 nitrogen and oxygen atoms in total. The number of aryl methyl sites for hydroxylation is 2. The quantitative estimate of drug-likeness (QED) is 0.347. The van der Waals surface area contributed by atoms with Crippen LogP contribution in [0.2, 0.25) is 0 Å². The number of aliphatic hydroxyl groups excluding tert-OH is 2. The zero-order chi connectivity index (χ0) is 22.9. The number of aliphatic hydroxyl groups is 2. The molecule has 0 unspecified atom stereocenters. The van der Waals surface area contributed by atoms with E-state index in [0.717, 1.165) is 45.9 Å². The van der Waals surface area contributed by atoms with Gasteiger partial charge in [0.05, 0.1) is 0 Å². The largest absolute Gasteiger partial charge is 0.458 e. The van der Waals surface area contributed by atoms with E-state index in [-0.39, 0.29) is 25.7 Å². The SMILES string of the molecule is C=CC(=O)OCc1cc(CCC(CO)CO)ccc1-c1ccc(-c2ccccc2)cc1C. The molecule has 0 aliphatic carbocycles. The summed E-state index contributed by atoms with van der Waals surface area (Å²) in [6.07, 6.45) is 2.57. The van der Waals surface area contributed by atoms with E-state index >= 15 is 0 Å². The van der Waals surface area contributed by atoms with E-state index in [1.54, 1.807) is 0 Å². The van der Waals surface area contributed by atoms with E-state index in [9.17, 15) is 15.0 Å². The van der Waals surface area contributed by atoms with Crippen molar-refractivity contribution < 1.29 is 19.7 Å². The summed E-state index contributed by atoms with van der Waals surface area (Å²) in [7, 11) is 0. The molecule has 0 fully saturated rings. The van der Waals surface area contributed by atoms with Crippen LogP contribution >= 0.6 is 0 Å². The fraction of sp³-hybridized carbons (Fsp3) is 0.250. The van der Waals surface area contributed by atoms with Gasteiger partial charge in [-0.1, -0.05) is 73.3 Å². The van der Waals surface area contributed by atoms with Gasteiger partial charge in [0.25, 0.3) is 0 Å². The Morgan fingerprint density at radius 2 is 1.69 bits per heavy atom. The molecule has 0 atom stereocenters. The van der Waals surface area contributed by atoms with E-state index in [1.807, 2.05) is 24.3 Å². The highest BCUT2D eigenvalue weighted by Gasteiger charge is 2.13. The van der Waals surface area contributed by atoms with Crippen molar-refractivity contribution in [3.63, 3.8) is 0 Å². The minimum Gasteiger partial charge on any atom is -0.458 e. The fourth-order valence-electron chi connectivity index (χ4n) is 3.78. The van der Waals surface area contributed by atoms with Crippen LogP contribution in [0.4, 0.5) is 0 Å². The second kappa shape index (κ2) is 11.4. The third kappa shape index (κ3) is 5.94. The van der Waals surface area contributed by atoms with Crippen molar-refractivity contribution in [2.24, 2.45) is 5.92 Å². The van der Waals surface area contributed by atoms with Crippen LogP contribution in [0.15, 0.2) is 79.4 Å². The molecule has 0 bridgehead atoms. The number of benzene rings is 3. The van der Waals surface area contributed by atoms with Crippen LogP contribution in [-0.4, -0.2) is 29.4 Å². The van der Waals surface area contributed by atoms with E-state index < -0.39 is 5.97 Å². The Hall–Kier alpha value is -3.21. The number of rotatable bonds is 10. The summed E-state index contributed by atoms with van der Waals surface area (Å²) < 4.78 is 5.36. The van der Waals surface area contributed by atoms with Crippen molar-refractivity contribution in [1.82, 2.24) is 0 Å². The molecule has 0 saturated carbocycles. The first kappa shape index (κ1) is 23.5. The van der Waals surface area contributed by atoms with Crippen LogP contribution in [0, 0.1) is 12.8 Å². The summed E-state index contributed by atoms with van der Waals surface area (Å²) in [6, 6.07) is 22.8. The van der Waals surface area contributed by atoms with Crippen molar-refractivity contribution in [1.29, 1.82) is 0 Å². The van der Waals surface area contributed by atoms with Gasteiger partial charge in [0.1, 0.15) is 6.61 Å². The molecule has 0 spiro atoms. The third-order valence-electron chi connectivity index (χ3n) is 5.69. The third-order valence-corrected chi connectivity index (χ3v) is 5.69. The van der Waals surface area contributed by atoms with Crippen LogP contribution in [0.5, 0.6) is 0 Å². The lowest BCUT2D eigenvalue weighted by atomic mass is 9.91. The summed E-state index contributed by atoms with van der Waals surface area (Å²) in [4.78, 5) is 11.7. The molecule has 0 aliphatic heterocycles. The van der Waals surface area contributed by atoms with Gasteiger partial charge in [-0.2, -0.15) is 0 Å². The van der Waals surface area contributed by atoms with Crippen molar-refractivity contribution in [3.05, 3.63) is 96.1 Å². The van der Waals surface area contributed by atoms with Crippen LogP contribution < -0.4 is 0 Å². The average Bonchev–Trinajstić information content (AvgIpc) is 2.84. The molecule has 32 heavy (non-hydrogen) atoms. The molecule has 3 aromatic carbocycles. The van der Waals surface area contributed by atoms with Gasteiger partial charge in [-0.05, 0) is 58.7 Å². The van der Waals surface area contributed by atoms with Gasteiger partial charge in [-0.3, -0.25) is 0 Å². The molecule has 0 radical (unpaired) electrons. The minimum absolute atomic E-state index is 0.0364. The number of carbonyl (C=O) groups is 1. The van der Waals surface area contributed by atoms with Gasteiger partial charge in [-0.25, -0.2) is 4.79 Å². The topological polar surface area (TPSA) is 66.8 Å².